The van der Waals surface area contributed by atoms with E-state index in [1.165, 1.54) is 13.3 Å². The van der Waals surface area contributed by atoms with Crippen molar-refractivity contribution < 1.29 is 13.7 Å². The highest BCUT2D eigenvalue weighted by molar-refractivity contribution is 8.20. The average Bonchev–Trinajstić information content (AvgIpc) is 2.43. The van der Waals surface area contributed by atoms with E-state index in [4.69, 9.17) is 11.8 Å². The molecule has 4 aliphatic rings. The van der Waals surface area contributed by atoms with Gasteiger partial charge in [-0.05, 0) is 11.8 Å². The molecule has 20 heavy (non-hydrogen) atoms. The van der Waals surface area contributed by atoms with E-state index in [0.717, 1.165) is 0 Å². The molecular formula is C6H18N6O3P4S. The zero-order valence-electron chi connectivity index (χ0n) is 12.1. The van der Waals surface area contributed by atoms with Crippen LogP contribution in [0.25, 0.3) is 0 Å². The normalized spacial score (nSPS) is 55.9. The van der Waals surface area contributed by atoms with Crippen LogP contribution in [0.3, 0.4) is 0 Å². The van der Waals surface area contributed by atoms with Crippen molar-refractivity contribution in [1.29, 1.82) is 0 Å². The summed E-state index contributed by atoms with van der Waals surface area (Å²) >= 11 is 5.73. The fourth-order valence-corrected chi connectivity index (χ4v) is 28.4. The van der Waals surface area contributed by atoms with Crippen LogP contribution in [-0.2, 0) is 25.5 Å². The molecule has 0 spiro atoms. The first-order valence-corrected chi connectivity index (χ1v) is 13.2. The third-order valence-corrected chi connectivity index (χ3v) is 25.4. The molecule has 0 radical (unpaired) electrons. The molecule has 0 N–H and O–H groups in total. The van der Waals surface area contributed by atoms with E-state index in [-0.39, 0.29) is 0 Å². The van der Waals surface area contributed by atoms with Crippen LogP contribution >= 0.6 is 29.3 Å². The van der Waals surface area contributed by atoms with Gasteiger partial charge in [0.1, 0.15) is 0 Å². The van der Waals surface area contributed by atoms with Crippen molar-refractivity contribution in [2.75, 3.05) is 42.3 Å². The van der Waals surface area contributed by atoms with Gasteiger partial charge >= 0.3 is 22.8 Å². The number of hydrogen-bond acceptors (Lipinski definition) is 4. The fraction of sp³-hybridized carbons (Fsp3) is 1.00. The van der Waals surface area contributed by atoms with Crippen molar-refractivity contribution in [3.05, 3.63) is 0 Å². The van der Waals surface area contributed by atoms with Crippen LogP contribution in [0.1, 0.15) is 0 Å². The molecule has 0 aliphatic carbocycles. The van der Waals surface area contributed by atoms with Gasteiger partial charge in [0.05, 0.1) is 0 Å². The van der Waals surface area contributed by atoms with E-state index in [1.54, 1.807) is 55.6 Å². The number of rotatable bonds is 0. The van der Waals surface area contributed by atoms with Crippen molar-refractivity contribution in [3.63, 3.8) is 0 Å². The van der Waals surface area contributed by atoms with Gasteiger partial charge in [-0.1, -0.05) is 0 Å². The molecule has 0 unspecified atom stereocenters. The second-order valence-electron chi connectivity index (χ2n) is 4.99. The first-order chi connectivity index (χ1) is 8.93. The Morgan fingerprint density at radius 3 is 0.950 bits per heavy atom. The summed E-state index contributed by atoms with van der Waals surface area (Å²) in [6, 6.07) is 0. The molecule has 4 aliphatic heterocycles. The Morgan fingerprint density at radius 1 is 0.550 bits per heavy atom. The summed E-state index contributed by atoms with van der Waals surface area (Å²) in [6.07, 6.45) is 0. The molecular weight excluding hydrogens is 360 g/mol. The molecule has 0 aromatic heterocycles. The van der Waals surface area contributed by atoms with Crippen LogP contribution in [-0.4, -0.2) is 68.9 Å². The van der Waals surface area contributed by atoms with Gasteiger partial charge in [-0.2, -0.15) is 26.6 Å². The first-order valence-electron chi connectivity index (χ1n) is 5.81. The Hall–Kier alpha value is 1.10. The third kappa shape index (κ3) is 1.17. The first kappa shape index (κ1) is 16.0. The van der Waals surface area contributed by atoms with Crippen molar-refractivity contribution in [2.45, 2.75) is 0 Å². The minimum atomic E-state index is -3.36. The summed E-state index contributed by atoms with van der Waals surface area (Å²) < 4.78 is 49.3. The van der Waals surface area contributed by atoms with Gasteiger partial charge < -0.3 is 0 Å². The van der Waals surface area contributed by atoms with Crippen LogP contribution in [0.15, 0.2) is 0 Å². The molecule has 4 heterocycles. The van der Waals surface area contributed by atoms with E-state index in [2.05, 4.69) is 0 Å². The van der Waals surface area contributed by atoms with Gasteiger partial charge in [-0.15, -0.1) is 0 Å². The predicted molar refractivity (Wildman–Crippen MR) is 83.7 cm³/mol. The quantitative estimate of drug-likeness (QED) is 0.586. The van der Waals surface area contributed by atoms with Gasteiger partial charge in [0.2, 0.25) is 0 Å². The van der Waals surface area contributed by atoms with E-state index in [1.807, 2.05) is 0 Å². The van der Waals surface area contributed by atoms with Gasteiger partial charge in [0, 0.05) is 42.3 Å². The highest BCUT2D eigenvalue weighted by Crippen LogP contribution is 3.02. The molecule has 4 bridgehead atoms. The summed E-state index contributed by atoms with van der Waals surface area (Å²) in [5, 5.41) is 0. The van der Waals surface area contributed by atoms with Crippen LogP contribution in [0, 0.1) is 0 Å². The third-order valence-electron chi connectivity index (χ3n) is 4.52. The van der Waals surface area contributed by atoms with Crippen LogP contribution < -0.4 is 0 Å². The van der Waals surface area contributed by atoms with Gasteiger partial charge in [-0.3, -0.25) is 13.7 Å². The highest BCUT2D eigenvalue weighted by atomic mass is 32.5. The monoisotopic (exact) mass is 378 g/mol. The topological polar surface area (TPSA) is 70.6 Å². The zero-order valence-corrected chi connectivity index (χ0v) is 16.5. The largest absolute Gasteiger partial charge is 0.307 e. The van der Waals surface area contributed by atoms with E-state index in [0.29, 0.717) is 0 Å². The van der Waals surface area contributed by atoms with Crippen molar-refractivity contribution in [2.24, 2.45) is 0 Å². The standard InChI is InChI=1S/C6H18N6O3P4S/c1-7-16(13)8(2)18(15)9(3)17(7,14)11(5)19(20,10(16)4)12(18)6/h1-6H3. The molecule has 4 saturated heterocycles. The number of hydrogen-bond donors (Lipinski definition) is 0. The van der Waals surface area contributed by atoms with E-state index < -0.39 is 29.3 Å². The van der Waals surface area contributed by atoms with Gasteiger partial charge in [0.15, 0.2) is 6.49 Å². The van der Waals surface area contributed by atoms with Crippen LogP contribution in [0.5, 0.6) is 0 Å². The molecule has 0 saturated carbocycles. The molecule has 4 rings (SSSR count). The van der Waals surface area contributed by atoms with Crippen molar-refractivity contribution in [1.82, 2.24) is 26.6 Å². The second-order valence-corrected chi connectivity index (χ2v) is 19.7. The minimum absolute atomic E-state index is 1.37. The predicted octanol–water partition coefficient (Wildman–Crippen LogP) is 2.17. The summed E-state index contributed by atoms with van der Waals surface area (Å²) in [5.74, 6) is 0. The zero-order chi connectivity index (χ0) is 15.5. The van der Waals surface area contributed by atoms with E-state index >= 15 is 0 Å². The Labute approximate surface area is 124 Å². The summed E-state index contributed by atoms with van der Waals surface area (Å²) in [4.78, 5) is 0. The Kier molecular flexibility index (Phi) is 3.15. The molecule has 0 aromatic carbocycles. The summed E-state index contributed by atoms with van der Waals surface area (Å²) in [6.45, 7) is -2.73. The molecule has 0 amide bonds. The molecule has 116 valence electrons. The summed E-state index contributed by atoms with van der Waals surface area (Å²) in [7, 11) is -0.420. The lowest BCUT2D eigenvalue weighted by Crippen LogP contribution is -2.58. The summed E-state index contributed by atoms with van der Waals surface area (Å²) in [5.41, 5.74) is 0. The van der Waals surface area contributed by atoms with Gasteiger partial charge in [0.25, 0.3) is 0 Å². The Bertz CT molecular complexity index is 503. The maximum atomic E-state index is 13.5. The maximum Gasteiger partial charge on any atom is 0.307 e. The molecule has 4 fully saturated rings. The van der Waals surface area contributed by atoms with Crippen LogP contribution in [0.4, 0.5) is 0 Å². The molecule has 9 nitrogen and oxygen atoms in total. The van der Waals surface area contributed by atoms with Crippen molar-refractivity contribution in [3.8, 4) is 0 Å². The highest BCUT2D eigenvalue weighted by Gasteiger charge is 2.78. The Morgan fingerprint density at radius 2 is 0.750 bits per heavy atom. The molecule has 14 heteroatoms. The van der Waals surface area contributed by atoms with Gasteiger partial charge in [-0.25, -0.2) is 0 Å². The SMILES string of the molecule is CN1P2(=O)N(C)P3(=O)N(C)P1(=O)N(C)P(=S)(N2C)N3C. The van der Waals surface area contributed by atoms with E-state index in [9.17, 15) is 13.7 Å². The fourth-order valence-electron chi connectivity index (χ4n) is 3.16. The average molecular weight is 378 g/mol. The maximum absolute atomic E-state index is 13.5. The smallest absolute Gasteiger partial charge is 0.269 e. The molecule has 0 atom stereocenters. The molecule has 0 aromatic rings. The van der Waals surface area contributed by atoms with Crippen LogP contribution in [0.2, 0.25) is 0 Å². The minimum Gasteiger partial charge on any atom is -0.269 e. The second kappa shape index (κ2) is 3.95. The Balaban J connectivity index is 2.48. The lowest BCUT2D eigenvalue weighted by Gasteiger charge is -2.70. The van der Waals surface area contributed by atoms with Crippen molar-refractivity contribution >= 4 is 41.1 Å². The number of nitrogens with zero attached hydrogens (tertiary/aromatic N) is 6. The lowest BCUT2D eigenvalue weighted by atomic mass is 11.5. The lowest BCUT2D eigenvalue weighted by molar-refractivity contribution is 0.330.